The molecule has 0 saturated carbocycles. The summed E-state index contributed by atoms with van der Waals surface area (Å²) in [7, 11) is 1.07. The van der Waals surface area contributed by atoms with Crippen LogP contribution in [0.4, 0.5) is 13.2 Å². The minimum Gasteiger partial charge on any atom is -0.265 e. The van der Waals surface area contributed by atoms with Gasteiger partial charge in [-0.2, -0.15) is 23.4 Å². The molecule has 0 unspecified atom stereocenters. The number of alkyl halides is 3. The molecule has 0 aromatic carbocycles. The summed E-state index contributed by atoms with van der Waals surface area (Å²) in [6.07, 6.45) is -4.03. The smallest absolute Gasteiger partial charge is 0.265 e. The largest absolute Gasteiger partial charge is 0.434 e. The summed E-state index contributed by atoms with van der Waals surface area (Å²) >= 11 is 5.60. The zero-order valence-corrected chi connectivity index (χ0v) is 12.8. The van der Waals surface area contributed by atoms with Crippen LogP contribution in [0.5, 0.6) is 0 Å². The quantitative estimate of drug-likeness (QED) is 0.682. The Kier molecular flexibility index (Phi) is 5.38. The van der Waals surface area contributed by atoms with E-state index in [1.54, 1.807) is 6.92 Å². The Balaban J connectivity index is 2.95. The Labute approximate surface area is 125 Å². The van der Waals surface area contributed by atoms with Crippen LogP contribution < -0.4 is 5.43 Å². The molecule has 1 aromatic heterocycles. The molecule has 1 heterocycles. The van der Waals surface area contributed by atoms with Crippen molar-refractivity contribution in [2.45, 2.75) is 33.4 Å². The molecule has 0 aliphatic heterocycles. The number of hydrogen-bond donors (Lipinski definition) is 1. The highest BCUT2D eigenvalue weighted by molar-refractivity contribution is 6.34. The van der Waals surface area contributed by atoms with Crippen LogP contribution in [0.3, 0.4) is 0 Å². The minimum absolute atomic E-state index is 0.348. The fraction of sp³-hybridized carbons (Fsp3) is 0.583. The third-order valence-electron chi connectivity index (χ3n) is 2.52. The molecule has 0 aliphatic carbocycles. The summed E-state index contributed by atoms with van der Waals surface area (Å²) in [5.74, 6) is -0.532. The zero-order chi connectivity index (χ0) is 16.4. The summed E-state index contributed by atoms with van der Waals surface area (Å²) in [5.41, 5.74) is 1.14. The van der Waals surface area contributed by atoms with Crippen LogP contribution >= 0.6 is 11.6 Å². The Morgan fingerprint density at radius 3 is 2.48 bits per heavy atom. The van der Waals surface area contributed by atoms with Gasteiger partial charge >= 0.3 is 6.18 Å². The van der Waals surface area contributed by atoms with Crippen molar-refractivity contribution in [3.8, 4) is 0 Å². The van der Waals surface area contributed by atoms with E-state index in [2.05, 4.69) is 15.6 Å². The number of carbonyl (C=O) groups excluding carboxylic acids is 1. The van der Waals surface area contributed by atoms with Crippen molar-refractivity contribution in [1.82, 2.24) is 15.2 Å². The first-order chi connectivity index (χ1) is 9.54. The molecule has 0 radical (unpaired) electrons. The lowest BCUT2D eigenvalue weighted by Gasteiger charge is -2.06. The minimum atomic E-state index is -4.69. The molecule has 0 fully saturated rings. The predicted octanol–water partition coefficient (Wildman–Crippen LogP) is 3.24. The van der Waals surface area contributed by atoms with E-state index in [9.17, 15) is 18.0 Å². The second-order valence-electron chi connectivity index (χ2n) is 5.02. The maximum atomic E-state index is 12.7. The molecule has 1 amide bonds. The second kappa shape index (κ2) is 6.46. The van der Waals surface area contributed by atoms with Crippen molar-refractivity contribution >= 4 is 23.2 Å². The standard InChI is InChI=1S/C12H16ClF3N4O/c1-6(2)5-7(3)17-18-11(21)9-8(13)10(12(14,15)16)20(4)19-9/h6H,5H2,1-4H3,(H,18,21). The normalized spacial score (nSPS) is 12.9. The second-order valence-corrected chi connectivity index (χ2v) is 5.40. The van der Waals surface area contributed by atoms with Gasteiger partial charge in [-0.05, 0) is 19.3 Å². The van der Waals surface area contributed by atoms with Crippen molar-refractivity contribution in [3.63, 3.8) is 0 Å². The maximum Gasteiger partial charge on any atom is 0.434 e. The van der Waals surface area contributed by atoms with Gasteiger partial charge in [0.1, 0.15) is 5.02 Å². The first-order valence-corrected chi connectivity index (χ1v) is 6.55. The van der Waals surface area contributed by atoms with E-state index in [-0.39, 0.29) is 0 Å². The van der Waals surface area contributed by atoms with Crippen molar-refractivity contribution in [3.05, 3.63) is 16.4 Å². The number of hydrogen-bond acceptors (Lipinski definition) is 3. The molecule has 5 nitrogen and oxygen atoms in total. The van der Waals surface area contributed by atoms with Gasteiger partial charge in [-0.3, -0.25) is 9.48 Å². The van der Waals surface area contributed by atoms with Crippen LogP contribution in [0.15, 0.2) is 5.10 Å². The van der Waals surface area contributed by atoms with Crippen LogP contribution in [-0.4, -0.2) is 21.4 Å². The van der Waals surface area contributed by atoms with Gasteiger partial charge in [0.05, 0.1) is 0 Å². The number of hydrazone groups is 1. The molecular formula is C12H16ClF3N4O. The van der Waals surface area contributed by atoms with Gasteiger partial charge in [0.25, 0.3) is 5.91 Å². The van der Waals surface area contributed by atoms with Gasteiger partial charge in [0.15, 0.2) is 11.4 Å². The van der Waals surface area contributed by atoms with Gasteiger partial charge in [0, 0.05) is 12.8 Å². The fourth-order valence-corrected chi connectivity index (χ4v) is 2.14. The van der Waals surface area contributed by atoms with Gasteiger partial charge < -0.3 is 0 Å². The lowest BCUT2D eigenvalue weighted by atomic mass is 10.1. The molecule has 1 N–H and O–H groups in total. The number of nitrogens with zero attached hydrogens (tertiary/aromatic N) is 3. The highest BCUT2D eigenvalue weighted by Gasteiger charge is 2.39. The highest BCUT2D eigenvalue weighted by atomic mass is 35.5. The number of rotatable bonds is 4. The van der Waals surface area contributed by atoms with Crippen LogP contribution in [0, 0.1) is 5.92 Å². The molecule has 1 aromatic rings. The highest BCUT2D eigenvalue weighted by Crippen LogP contribution is 2.35. The molecule has 0 saturated heterocycles. The molecular weight excluding hydrogens is 309 g/mol. The van der Waals surface area contributed by atoms with E-state index in [4.69, 9.17) is 11.6 Å². The van der Waals surface area contributed by atoms with Gasteiger partial charge in [-0.15, -0.1) is 0 Å². The molecule has 0 spiro atoms. The molecule has 0 atom stereocenters. The summed E-state index contributed by atoms with van der Waals surface area (Å²) in [4.78, 5) is 11.8. The van der Waals surface area contributed by atoms with E-state index in [0.717, 1.165) is 7.05 Å². The Morgan fingerprint density at radius 2 is 2.05 bits per heavy atom. The molecule has 9 heteroatoms. The summed E-state index contributed by atoms with van der Waals surface area (Å²) in [5, 5.41) is 6.57. The van der Waals surface area contributed by atoms with E-state index >= 15 is 0 Å². The lowest BCUT2D eigenvalue weighted by Crippen LogP contribution is -2.20. The van der Waals surface area contributed by atoms with Gasteiger partial charge in [-0.25, -0.2) is 5.43 Å². The SMILES string of the molecule is CC(CC(C)C)=NNC(=O)c1nn(C)c(C(F)(F)F)c1Cl. The average Bonchev–Trinajstić information content (AvgIpc) is 2.60. The number of amides is 1. The van der Waals surface area contributed by atoms with E-state index in [1.165, 1.54) is 0 Å². The molecule has 118 valence electrons. The first kappa shape index (κ1) is 17.5. The third-order valence-corrected chi connectivity index (χ3v) is 2.88. The van der Waals surface area contributed by atoms with Crippen molar-refractivity contribution in [2.24, 2.45) is 18.1 Å². The lowest BCUT2D eigenvalue weighted by molar-refractivity contribution is -0.143. The van der Waals surface area contributed by atoms with Crippen LogP contribution in [0.25, 0.3) is 0 Å². The summed E-state index contributed by atoms with van der Waals surface area (Å²) < 4.78 is 38.7. The number of carbonyl (C=O) groups is 1. The van der Waals surface area contributed by atoms with Crippen LogP contribution in [0.2, 0.25) is 5.02 Å². The van der Waals surface area contributed by atoms with Gasteiger partial charge in [0.2, 0.25) is 0 Å². The number of halogens is 4. The molecule has 0 bridgehead atoms. The monoisotopic (exact) mass is 324 g/mol. The van der Waals surface area contributed by atoms with Crippen molar-refractivity contribution in [1.29, 1.82) is 0 Å². The molecule has 0 aliphatic rings. The topological polar surface area (TPSA) is 59.3 Å². The molecule has 21 heavy (non-hydrogen) atoms. The van der Waals surface area contributed by atoms with Crippen LogP contribution in [-0.2, 0) is 13.2 Å². The van der Waals surface area contributed by atoms with E-state index < -0.39 is 28.5 Å². The fourth-order valence-electron chi connectivity index (χ4n) is 1.79. The predicted molar refractivity (Wildman–Crippen MR) is 73.3 cm³/mol. The maximum absolute atomic E-state index is 12.7. The van der Waals surface area contributed by atoms with E-state index in [0.29, 0.717) is 22.7 Å². The van der Waals surface area contributed by atoms with Crippen LogP contribution in [0.1, 0.15) is 43.4 Å². The summed E-state index contributed by atoms with van der Waals surface area (Å²) in [6, 6.07) is 0. The molecule has 1 rings (SSSR count). The van der Waals surface area contributed by atoms with E-state index in [1.807, 2.05) is 13.8 Å². The Morgan fingerprint density at radius 1 is 1.48 bits per heavy atom. The summed E-state index contributed by atoms with van der Waals surface area (Å²) in [6.45, 7) is 5.67. The number of aromatic nitrogens is 2. The number of aryl methyl sites for hydroxylation is 1. The first-order valence-electron chi connectivity index (χ1n) is 6.17. The number of nitrogens with one attached hydrogen (secondary N) is 1. The Bertz CT molecular complexity index is 564. The third kappa shape index (κ3) is 4.45. The zero-order valence-electron chi connectivity index (χ0n) is 12.0. The van der Waals surface area contributed by atoms with Crippen molar-refractivity contribution < 1.29 is 18.0 Å². The van der Waals surface area contributed by atoms with Crippen molar-refractivity contribution in [2.75, 3.05) is 0 Å². The van der Waals surface area contributed by atoms with Gasteiger partial charge in [-0.1, -0.05) is 25.4 Å². The Hall–Kier alpha value is -1.57. The average molecular weight is 325 g/mol.